The van der Waals surface area contributed by atoms with Crippen LogP contribution in [-0.4, -0.2) is 71.3 Å². The van der Waals surface area contributed by atoms with Crippen LogP contribution in [0.5, 0.6) is 0 Å². The predicted molar refractivity (Wildman–Crippen MR) is 73.9 cm³/mol. The van der Waals surface area contributed by atoms with E-state index < -0.39 is 9.84 Å². The average Bonchev–Trinajstić information content (AvgIpc) is 2.40. The first-order valence-corrected chi connectivity index (χ1v) is 8.25. The topological polar surface area (TPSA) is 72.9 Å². The fourth-order valence-electron chi connectivity index (χ4n) is 1.56. The Morgan fingerprint density at radius 2 is 1.84 bits per heavy atom. The molecule has 19 heavy (non-hydrogen) atoms. The van der Waals surface area contributed by atoms with Crippen LogP contribution in [0.25, 0.3) is 0 Å². The van der Waals surface area contributed by atoms with Crippen LogP contribution < -0.4 is 0 Å². The number of rotatable bonds is 11. The zero-order chi connectivity index (χ0) is 14.7. The van der Waals surface area contributed by atoms with Crippen molar-refractivity contribution in [3.8, 4) is 0 Å². The lowest BCUT2D eigenvalue weighted by Gasteiger charge is -2.21. The van der Waals surface area contributed by atoms with Crippen molar-refractivity contribution in [1.29, 1.82) is 0 Å². The zero-order valence-electron chi connectivity index (χ0n) is 12.1. The SMILES string of the molecule is CCS(=O)(=O)CCCN(CCOC)CCC(=O)OC. The Balaban J connectivity index is 4.08. The van der Waals surface area contributed by atoms with Gasteiger partial charge in [0, 0.05) is 26.0 Å². The molecule has 0 aliphatic heterocycles. The molecule has 0 amide bonds. The van der Waals surface area contributed by atoms with Crippen LogP contribution in [0.4, 0.5) is 0 Å². The van der Waals surface area contributed by atoms with Crippen LogP contribution in [0, 0.1) is 0 Å². The monoisotopic (exact) mass is 295 g/mol. The van der Waals surface area contributed by atoms with Crippen molar-refractivity contribution in [2.45, 2.75) is 19.8 Å². The molecule has 0 aliphatic rings. The van der Waals surface area contributed by atoms with Gasteiger partial charge in [0.15, 0.2) is 0 Å². The van der Waals surface area contributed by atoms with Gasteiger partial charge in [-0.05, 0) is 13.0 Å². The van der Waals surface area contributed by atoms with Crippen LogP contribution in [0.1, 0.15) is 19.8 Å². The number of hydrogen-bond donors (Lipinski definition) is 0. The Labute approximate surface area is 116 Å². The molecule has 0 fully saturated rings. The molecule has 0 aromatic rings. The first-order valence-electron chi connectivity index (χ1n) is 6.43. The fourth-order valence-corrected chi connectivity index (χ4v) is 2.42. The highest BCUT2D eigenvalue weighted by Crippen LogP contribution is 1.99. The van der Waals surface area contributed by atoms with Gasteiger partial charge in [-0.25, -0.2) is 8.42 Å². The molecule has 0 saturated carbocycles. The lowest BCUT2D eigenvalue weighted by Crippen LogP contribution is -2.32. The third kappa shape index (κ3) is 9.86. The van der Waals surface area contributed by atoms with Crippen LogP contribution >= 0.6 is 0 Å². The molecule has 0 aliphatic carbocycles. The third-order valence-electron chi connectivity index (χ3n) is 2.84. The molecule has 0 radical (unpaired) electrons. The van der Waals surface area contributed by atoms with Gasteiger partial charge in [-0.15, -0.1) is 0 Å². The van der Waals surface area contributed by atoms with Gasteiger partial charge in [0.1, 0.15) is 9.84 Å². The minimum Gasteiger partial charge on any atom is -0.469 e. The predicted octanol–water partition coefficient (Wildman–Crippen LogP) is 0.323. The van der Waals surface area contributed by atoms with Gasteiger partial charge >= 0.3 is 5.97 Å². The molecule has 0 aromatic heterocycles. The van der Waals surface area contributed by atoms with Crippen LogP contribution in [0.3, 0.4) is 0 Å². The number of esters is 1. The molecule has 114 valence electrons. The van der Waals surface area contributed by atoms with Crippen molar-refractivity contribution in [3.05, 3.63) is 0 Å². The summed E-state index contributed by atoms with van der Waals surface area (Å²) >= 11 is 0. The van der Waals surface area contributed by atoms with E-state index in [0.29, 0.717) is 39.1 Å². The van der Waals surface area contributed by atoms with Crippen molar-refractivity contribution < 1.29 is 22.7 Å². The molecule has 0 spiro atoms. The van der Waals surface area contributed by atoms with Gasteiger partial charge in [-0.3, -0.25) is 4.79 Å². The Morgan fingerprint density at radius 3 is 2.37 bits per heavy atom. The number of nitrogens with zero attached hydrogens (tertiary/aromatic N) is 1. The van der Waals surface area contributed by atoms with Crippen molar-refractivity contribution in [2.75, 3.05) is 52.0 Å². The Hall–Kier alpha value is -0.660. The molecule has 0 aromatic carbocycles. The molecular weight excluding hydrogens is 270 g/mol. The standard InChI is InChI=1S/C12H25NO5S/c1-4-19(15,16)11-5-7-13(9-10-17-2)8-6-12(14)18-3/h4-11H2,1-3H3. The number of carbonyl (C=O) groups is 1. The molecule has 6 nitrogen and oxygen atoms in total. The number of ether oxygens (including phenoxy) is 2. The zero-order valence-corrected chi connectivity index (χ0v) is 12.9. The summed E-state index contributed by atoms with van der Waals surface area (Å²) in [7, 11) is 0.0468. The Bertz CT molecular complexity index is 342. The summed E-state index contributed by atoms with van der Waals surface area (Å²) in [6.07, 6.45) is 0.877. The highest BCUT2D eigenvalue weighted by Gasteiger charge is 2.11. The van der Waals surface area contributed by atoms with Crippen molar-refractivity contribution in [2.24, 2.45) is 0 Å². The molecule has 7 heteroatoms. The van der Waals surface area contributed by atoms with E-state index in [4.69, 9.17) is 4.74 Å². The molecule has 0 bridgehead atoms. The highest BCUT2D eigenvalue weighted by atomic mass is 32.2. The van der Waals surface area contributed by atoms with E-state index in [1.54, 1.807) is 14.0 Å². The van der Waals surface area contributed by atoms with Crippen LogP contribution in [0.2, 0.25) is 0 Å². The van der Waals surface area contributed by atoms with E-state index in [2.05, 4.69) is 4.74 Å². The summed E-state index contributed by atoms with van der Waals surface area (Å²) in [5.41, 5.74) is 0. The number of sulfone groups is 1. The summed E-state index contributed by atoms with van der Waals surface area (Å²) in [5.74, 6) is 0.0990. The maximum absolute atomic E-state index is 11.4. The largest absolute Gasteiger partial charge is 0.469 e. The molecule has 0 saturated heterocycles. The van der Waals surface area contributed by atoms with Crippen LogP contribution in [-0.2, 0) is 24.1 Å². The van der Waals surface area contributed by atoms with E-state index in [1.807, 2.05) is 4.90 Å². The minimum atomic E-state index is -2.92. The highest BCUT2D eigenvalue weighted by molar-refractivity contribution is 7.91. The number of hydrogen-bond acceptors (Lipinski definition) is 6. The summed E-state index contributed by atoms with van der Waals surface area (Å²) < 4.78 is 32.4. The molecular formula is C12H25NO5S. The smallest absolute Gasteiger partial charge is 0.306 e. The molecule has 0 atom stereocenters. The summed E-state index contributed by atoms with van der Waals surface area (Å²) in [5, 5.41) is 0. The molecule has 0 rings (SSSR count). The number of methoxy groups -OCH3 is 2. The molecule has 0 unspecified atom stereocenters. The molecule has 0 N–H and O–H groups in total. The van der Waals surface area contributed by atoms with Crippen molar-refractivity contribution >= 4 is 15.8 Å². The normalized spacial score (nSPS) is 11.8. The summed E-state index contributed by atoms with van der Waals surface area (Å²) in [6.45, 7) is 4.08. The van der Waals surface area contributed by atoms with E-state index in [0.717, 1.165) is 0 Å². The van der Waals surface area contributed by atoms with E-state index in [9.17, 15) is 13.2 Å². The van der Waals surface area contributed by atoms with Gasteiger partial charge in [-0.1, -0.05) is 6.92 Å². The van der Waals surface area contributed by atoms with E-state index in [1.165, 1.54) is 7.11 Å². The second-order valence-corrected chi connectivity index (χ2v) is 6.72. The first kappa shape index (κ1) is 18.3. The maximum atomic E-state index is 11.4. The van der Waals surface area contributed by atoms with Crippen molar-refractivity contribution in [3.63, 3.8) is 0 Å². The summed E-state index contributed by atoms with van der Waals surface area (Å²) in [6, 6.07) is 0. The second kappa shape index (κ2) is 10.2. The maximum Gasteiger partial charge on any atom is 0.306 e. The van der Waals surface area contributed by atoms with Gasteiger partial charge in [0.2, 0.25) is 0 Å². The van der Waals surface area contributed by atoms with Crippen molar-refractivity contribution in [1.82, 2.24) is 4.90 Å². The number of carbonyl (C=O) groups excluding carboxylic acids is 1. The fraction of sp³-hybridized carbons (Fsp3) is 0.917. The minimum absolute atomic E-state index is 0.174. The second-order valence-electron chi connectivity index (χ2n) is 4.25. The third-order valence-corrected chi connectivity index (χ3v) is 4.63. The van der Waals surface area contributed by atoms with Gasteiger partial charge in [0.05, 0.1) is 25.9 Å². The van der Waals surface area contributed by atoms with Crippen LogP contribution in [0.15, 0.2) is 0 Å². The van der Waals surface area contributed by atoms with Gasteiger partial charge in [-0.2, -0.15) is 0 Å². The average molecular weight is 295 g/mol. The van der Waals surface area contributed by atoms with Gasteiger partial charge < -0.3 is 14.4 Å². The first-order chi connectivity index (χ1) is 8.95. The molecule has 0 heterocycles. The lowest BCUT2D eigenvalue weighted by atomic mass is 10.3. The lowest BCUT2D eigenvalue weighted by molar-refractivity contribution is -0.141. The quantitative estimate of drug-likeness (QED) is 0.511. The van der Waals surface area contributed by atoms with E-state index >= 15 is 0 Å². The van der Waals surface area contributed by atoms with Gasteiger partial charge in [0.25, 0.3) is 0 Å². The Morgan fingerprint density at radius 1 is 1.16 bits per heavy atom. The summed E-state index contributed by atoms with van der Waals surface area (Å²) in [4.78, 5) is 13.1. The Kier molecular flexibility index (Phi) is 9.81. The van der Waals surface area contributed by atoms with E-state index in [-0.39, 0.29) is 17.5 Å².